The first-order valence-corrected chi connectivity index (χ1v) is 6.41. The Labute approximate surface area is 107 Å². The van der Waals surface area contributed by atoms with Crippen LogP contribution in [0.2, 0.25) is 0 Å². The molecule has 0 bridgehead atoms. The van der Waals surface area contributed by atoms with Crippen LogP contribution >= 0.6 is 0 Å². The van der Waals surface area contributed by atoms with Crippen molar-refractivity contribution in [3.05, 3.63) is 35.1 Å². The third-order valence-corrected chi connectivity index (χ3v) is 3.74. The van der Waals surface area contributed by atoms with Gasteiger partial charge in [0.2, 0.25) is 0 Å². The maximum Gasteiger partial charge on any atom is 0.138 e. The fraction of sp³-hybridized carbons (Fsp3) is 0.500. The van der Waals surface area contributed by atoms with Gasteiger partial charge in [0.25, 0.3) is 0 Å². The smallest absolute Gasteiger partial charge is 0.138 e. The number of nitrogens with zero attached hydrogens (tertiary/aromatic N) is 1. The number of nitrogens with two attached hydrogens (primary N) is 1. The van der Waals surface area contributed by atoms with Crippen LogP contribution in [0, 0.1) is 11.2 Å². The molecule has 1 aliphatic rings. The number of benzene rings is 1. The summed E-state index contributed by atoms with van der Waals surface area (Å²) < 4.78 is 14.1. The summed E-state index contributed by atoms with van der Waals surface area (Å²) in [6.07, 6.45) is 4.94. The second kappa shape index (κ2) is 5.48. The fourth-order valence-corrected chi connectivity index (χ4v) is 2.65. The highest BCUT2D eigenvalue weighted by Gasteiger charge is 2.21. The molecule has 4 heteroatoms. The van der Waals surface area contributed by atoms with Crippen LogP contribution < -0.4 is 5.73 Å². The molecule has 0 heterocycles. The number of hydrogen-bond acceptors (Lipinski definition) is 2. The third kappa shape index (κ3) is 2.70. The van der Waals surface area contributed by atoms with Crippen molar-refractivity contribution in [2.24, 2.45) is 5.73 Å². The Balaban J connectivity index is 2.13. The van der Waals surface area contributed by atoms with E-state index in [2.05, 4.69) is 4.90 Å². The van der Waals surface area contributed by atoms with Crippen LogP contribution in [0.3, 0.4) is 0 Å². The van der Waals surface area contributed by atoms with Gasteiger partial charge in [0, 0.05) is 18.2 Å². The molecule has 18 heavy (non-hydrogen) atoms. The molecule has 3 nitrogen and oxygen atoms in total. The lowest BCUT2D eigenvalue weighted by molar-refractivity contribution is 0.234. The minimum Gasteiger partial charge on any atom is -0.384 e. The summed E-state index contributed by atoms with van der Waals surface area (Å²) in [5.74, 6) is -0.562. The summed E-state index contributed by atoms with van der Waals surface area (Å²) in [5.41, 5.74) is 6.19. The van der Waals surface area contributed by atoms with Gasteiger partial charge < -0.3 is 5.73 Å². The van der Waals surface area contributed by atoms with Crippen molar-refractivity contribution in [1.29, 1.82) is 5.41 Å². The van der Waals surface area contributed by atoms with Crippen LogP contribution in [0.25, 0.3) is 0 Å². The van der Waals surface area contributed by atoms with Crippen molar-refractivity contribution >= 4 is 5.84 Å². The molecular weight excluding hydrogens is 229 g/mol. The number of halogens is 1. The van der Waals surface area contributed by atoms with Crippen LogP contribution in [0.4, 0.5) is 4.39 Å². The van der Waals surface area contributed by atoms with E-state index in [0.29, 0.717) is 18.2 Å². The molecule has 98 valence electrons. The topological polar surface area (TPSA) is 53.1 Å². The molecule has 1 aromatic rings. The van der Waals surface area contributed by atoms with Crippen molar-refractivity contribution in [2.45, 2.75) is 38.3 Å². The van der Waals surface area contributed by atoms with Crippen LogP contribution in [-0.2, 0) is 6.54 Å². The van der Waals surface area contributed by atoms with E-state index in [1.54, 1.807) is 18.2 Å². The molecule has 0 amide bonds. The highest BCUT2D eigenvalue weighted by Crippen LogP contribution is 2.24. The molecule has 0 atom stereocenters. The SMILES string of the molecule is CN(Cc1cccc(C(=N)N)c1F)C1CCCC1. The summed E-state index contributed by atoms with van der Waals surface area (Å²) in [6, 6.07) is 5.65. The molecular formula is C14H20FN3. The molecule has 1 aliphatic carbocycles. The predicted octanol–water partition coefficient (Wildman–Crippen LogP) is 2.48. The molecule has 3 N–H and O–H groups in total. The Morgan fingerprint density at radius 1 is 1.44 bits per heavy atom. The van der Waals surface area contributed by atoms with E-state index in [0.717, 1.165) is 0 Å². The van der Waals surface area contributed by atoms with Gasteiger partial charge in [-0.2, -0.15) is 0 Å². The number of hydrogen-bond donors (Lipinski definition) is 2. The van der Waals surface area contributed by atoms with Crippen LogP contribution in [0.15, 0.2) is 18.2 Å². The molecule has 2 rings (SSSR count). The number of nitrogens with one attached hydrogen (secondary N) is 1. The molecule has 0 spiro atoms. The Morgan fingerprint density at radius 3 is 2.72 bits per heavy atom. The maximum absolute atomic E-state index is 14.1. The monoisotopic (exact) mass is 249 g/mol. The molecule has 0 radical (unpaired) electrons. The van der Waals surface area contributed by atoms with E-state index in [9.17, 15) is 4.39 Å². The van der Waals surface area contributed by atoms with Crippen molar-refractivity contribution in [1.82, 2.24) is 4.90 Å². The summed E-state index contributed by atoms with van der Waals surface area (Å²) in [4.78, 5) is 2.20. The van der Waals surface area contributed by atoms with E-state index >= 15 is 0 Å². The van der Waals surface area contributed by atoms with Crippen LogP contribution in [-0.4, -0.2) is 23.8 Å². The predicted molar refractivity (Wildman–Crippen MR) is 71.1 cm³/mol. The van der Waals surface area contributed by atoms with Crippen LogP contribution in [0.5, 0.6) is 0 Å². The molecule has 1 saturated carbocycles. The molecule has 0 aromatic heterocycles. The van der Waals surface area contributed by atoms with Gasteiger partial charge in [0.1, 0.15) is 11.7 Å². The number of nitrogen functional groups attached to an aromatic ring is 1. The standard InChI is InChI=1S/C14H20FN3/c1-18(11-6-2-3-7-11)9-10-5-4-8-12(13(10)15)14(16)17/h4-5,8,11H,2-3,6-7,9H2,1H3,(H3,16,17). The molecule has 0 unspecified atom stereocenters. The lowest BCUT2D eigenvalue weighted by Crippen LogP contribution is -2.29. The number of rotatable bonds is 4. The van der Waals surface area contributed by atoms with Gasteiger partial charge in [-0.05, 0) is 26.0 Å². The second-order valence-corrected chi connectivity index (χ2v) is 5.05. The van der Waals surface area contributed by atoms with E-state index in [4.69, 9.17) is 11.1 Å². The molecule has 1 aromatic carbocycles. The molecule has 1 fully saturated rings. The third-order valence-electron chi connectivity index (χ3n) is 3.74. The van der Waals surface area contributed by atoms with Gasteiger partial charge in [-0.15, -0.1) is 0 Å². The van der Waals surface area contributed by atoms with E-state index < -0.39 is 0 Å². The first kappa shape index (κ1) is 13.0. The largest absolute Gasteiger partial charge is 0.384 e. The zero-order chi connectivity index (χ0) is 13.1. The summed E-state index contributed by atoms with van der Waals surface area (Å²) in [7, 11) is 2.04. The van der Waals surface area contributed by atoms with E-state index in [-0.39, 0.29) is 17.2 Å². The Hall–Kier alpha value is -1.42. The average molecular weight is 249 g/mol. The lowest BCUT2D eigenvalue weighted by atomic mass is 10.1. The quantitative estimate of drug-likeness (QED) is 0.636. The number of amidine groups is 1. The van der Waals surface area contributed by atoms with Gasteiger partial charge >= 0.3 is 0 Å². The summed E-state index contributed by atoms with van der Waals surface area (Å²) >= 11 is 0. The zero-order valence-corrected chi connectivity index (χ0v) is 10.7. The normalized spacial score (nSPS) is 16.4. The van der Waals surface area contributed by atoms with E-state index in [1.165, 1.54) is 25.7 Å². The average Bonchev–Trinajstić information content (AvgIpc) is 2.85. The van der Waals surface area contributed by atoms with Crippen molar-refractivity contribution in [3.8, 4) is 0 Å². The highest BCUT2D eigenvalue weighted by molar-refractivity contribution is 5.95. The first-order valence-electron chi connectivity index (χ1n) is 6.41. The van der Waals surface area contributed by atoms with Crippen molar-refractivity contribution in [2.75, 3.05) is 7.05 Å². The van der Waals surface area contributed by atoms with E-state index in [1.807, 2.05) is 7.05 Å². The van der Waals surface area contributed by atoms with Gasteiger partial charge in [-0.1, -0.05) is 25.0 Å². The lowest BCUT2D eigenvalue weighted by Gasteiger charge is -2.24. The first-order chi connectivity index (χ1) is 8.59. The second-order valence-electron chi connectivity index (χ2n) is 5.05. The Morgan fingerprint density at radius 2 is 2.11 bits per heavy atom. The van der Waals surface area contributed by atoms with Gasteiger partial charge in [-0.25, -0.2) is 4.39 Å². The molecule has 0 aliphatic heterocycles. The van der Waals surface area contributed by atoms with Crippen molar-refractivity contribution in [3.63, 3.8) is 0 Å². The summed E-state index contributed by atoms with van der Waals surface area (Å²) in [6.45, 7) is 0.581. The van der Waals surface area contributed by atoms with Gasteiger partial charge in [0.05, 0.1) is 5.56 Å². The highest BCUT2D eigenvalue weighted by atomic mass is 19.1. The summed E-state index contributed by atoms with van der Waals surface area (Å²) in [5, 5.41) is 7.35. The zero-order valence-electron chi connectivity index (χ0n) is 10.7. The van der Waals surface area contributed by atoms with Gasteiger partial charge in [0.15, 0.2) is 0 Å². The Bertz CT molecular complexity index is 439. The van der Waals surface area contributed by atoms with Crippen molar-refractivity contribution < 1.29 is 4.39 Å². The minimum absolute atomic E-state index is 0.201. The minimum atomic E-state index is -0.352. The van der Waals surface area contributed by atoms with Gasteiger partial charge in [-0.3, -0.25) is 10.3 Å². The fourth-order valence-electron chi connectivity index (χ4n) is 2.65. The molecule has 0 saturated heterocycles. The van der Waals surface area contributed by atoms with Crippen LogP contribution in [0.1, 0.15) is 36.8 Å². The maximum atomic E-state index is 14.1. The Kier molecular flexibility index (Phi) is 3.97.